The lowest BCUT2D eigenvalue weighted by Gasteiger charge is -2.03. The van der Waals surface area contributed by atoms with Gasteiger partial charge in [0.2, 0.25) is 0 Å². The highest BCUT2D eigenvalue weighted by Crippen LogP contribution is 2.17. The summed E-state index contributed by atoms with van der Waals surface area (Å²) >= 11 is 1.47. The first-order chi connectivity index (χ1) is 7.70. The van der Waals surface area contributed by atoms with Crippen molar-refractivity contribution in [1.82, 2.24) is 0 Å². The molecule has 0 N–H and O–H groups in total. The molecule has 2 rings (SSSR count). The minimum atomic E-state index is -0.0907. The van der Waals surface area contributed by atoms with Crippen LogP contribution in [0, 0.1) is 0 Å². The molecule has 2 aromatic rings. The molecular weight excluding hydrogens is 220 g/mol. The molecule has 0 aliphatic heterocycles. The Hall–Kier alpha value is -1.74. The van der Waals surface area contributed by atoms with Crippen LogP contribution in [0.3, 0.4) is 0 Å². The van der Waals surface area contributed by atoms with Crippen LogP contribution in [-0.2, 0) is 0 Å². The molecule has 0 fully saturated rings. The van der Waals surface area contributed by atoms with Gasteiger partial charge in [0.15, 0.2) is 11.6 Å². The molecule has 0 aliphatic carbocycles. The summed E-state index contributed by atoms with van der Waals surface area (Å²) in [5.41, 5.74) is 1.60. The molecule has 0 saturated carbocycles. The lowest BCUT2D eigenvalue weighted by atomic mass is 9.98. The smallest absolute Gasteiger partial charge is 0.194 e. The van der Waals surface area contributed by atoms with Crippen LogP contribution in [0.25, 0.3) is 0 Å². The molecule has 0 radical (unpaired) electrons. The van der Waals surface area contributed by atoms with Crippen LogP contribution in [0.15, 0.2) is 41.1 Å². The van der Waals surface area contributed by atoms with E-state index in [0.29, 0.717) is 16.7 Å². The quantitative estimate of drug-likeness (QED) is 0.759. The van der Waals surface area contributed by atoms with E-state index >= 15 is 0 Å². The molecule has 0 amide bonds. The van der Waals surface area contributed by atoms with E-state index in [0.717, 1.165) is 0 Å². The lowest BCUT2D eigenvalue weighted by Crippen LogP contribution is -2.07. The maximum Gasteiger partial charge on any atom is 0.194 e. The Balaban J connectivity index is 2.49. The second-order valence-electron chi connectivity index (χ2n) is 3.44. The van der Waals surface area contributed by atoms with Crippen LogP contribution < -0.4 is 0 Å². The first-order valence-corrected chi connectivity index (χ1v) is 5.81. The van der Waals surface area contributed by atoms with E-state index in [4.69, 9.17) is 0 Å². The minimum Gasteiger partial charge on any atom is -0.294 e. The summed E-state index contributed by atoms with van der Waals surface area (Å²) in [6.07, 6.45) is 0. The maximum absolute atomic E-state index is 12.1. The van der Waals surface area contributed by atoms with Gasteiger partial charge in [0.05, 0.1) is 0 Å². The van der Waals surface area contributed by atoms with E-state index in [1.54, 1.807) is 35.7 Å². The van der Waals surface area contributed by atoms with Gasteiger partial charge in [-0.05, 0) is 18.4 Å². The number of carbonyl (C=O) groups excluding carboxylic acids is 2. The van der Waals surface area contributed by atoms with Gasteiger partial charge in [-0.15, -0.1) is 0 Å². The number of Topliss-reactive ketones (excluding diaryl/α,β-unsaturated/α-hetero) is 1. The minimum absolute atomic E-state index is 0.0841. The third-order valence-corrected chi connectivity index (χ3v) is 3.02. The molecule has 0 saturated heterocycles. The van der Waals surface area contributed by atoms with Crippen LogP contribution in [0.5, 0.6) is 0 Å². The zero-order valence-electron chi connectivity index (χ0n) is 8.77. The number of thiophene rings is 1. The third kappa shape index (κ3) is 1.95. The molecule has 0 atom stereocenters. The summed E-state index contributed by atoms with van der Waals surface area (Å²) < 4.78 is 0. The fourth-order valence-corrected chi connectivity index (χ4v) is 2.17. The van der Waals surface area contributed by atoms with Crippen molar-refractivity contribution in [3.63, 3.8) is 0 Å². The molecule has 0 aliphatic rings. The topological polar surface area (TPSA) is 34.1 Å². The number of carbonyl (C=O) groups is 2. The monoisotopic (exact) mass is 230 g/mol. The van der Waals surface area contributed by atoms with Crippen molar-refractivity contribution in [3.8, 4) is 0 Å². The summed E-state index contributed by atoms with van der Waals surface area (Å²) in [6, 6.07) is 8.68. The predicted molar refractivity (Wildman–Crippen MR) is 64.2 cm³/mol. The maximum atomic E-state index is 12.1. The van der Waals surface area contributed by atoms with Gasteiger partial charge in [-0.2, -0.15) is 11.3 Å². The molecule has 0 bridgehead atoms. The zero-order valence-corrected chi connectivity index (χ0v) is 9.58. The Morgan fingerprint density at radius 1 is 1.06 bits per heavy atom. The second-order valence-corrected chi connectivity index (χ2v) is 4.22. The number of rotatable bonds is 3. The molecule has 3 heteroatoms. The van der Waals surface area contributed by atoms with E-state index in [-0.39, 0.29) is 11.6 Å². The van der Waals surface area contributed by atoms with Crippen LogP contribution in [0.2, 0.25) is 0 Å². The molecule has 0 spiro atoms. The van der Waals surface area contributed by atoms with Crippen molar-refractivity contribution >= 4 is 22.9 Å². The lowest BCUT2D eigenvalue weighted by molar-refractivity contribution is 0.0990. The fourth-order valence-electron chi connectivity index (χ4n) is 1.54. The Morgan fingerprint density at radius 2 is 1.75 bits per heavy atom. The van der Waals surface area contributed by atoms with Crippen molar-refractivity contribution in [2.75, 3.05) is 0 Å². The zero-order chi connectivity index (χ0) is 11.5. The van der Waals surface area contributed by atoms with Crippen molar-refractivity contribution < 1.29 is 9.59 Å². The molecule has 2 nitrogen and oxygen atoms in total. The standard InChI is InChI=1S/C13H10O2S/c1-9(14)11-4-2-3-5-12(11)13(15)10-6-7-16-8-10/h2-8H,1H3. The fraction of sp³-hybridized carbons (Fsp3) is 0.0769. The van der Waals surface area contributed by atoms with Crippen molar-refractivity contribution in [1.29, 1.82) is 0 Å². The number of ketones is 2. The van der Waals surface area contributed by atoms with E-state index in [2.05, 4.69) is 0 Å². The number of hydrogen-bond donors (Lipinski definition) is 0. The Bertz CT molecular complexity index is 527. The summed E-state index contributed by atoms with van der Waals surface area (Å²) in [5, 5.41) is 3.64. The number of benzene rings is 1. The summed E-state index contributed by atoms with van der Waals surface area (Å²) in [7, 11) is 0. The highest BCUT2D eigenvalue weighted by atomic mass is 32.1. The first kappa shape index (κ1) is 10.8. The van der Waals surface area contributed by atoms with E-state index in [1.807, 2.05) is 5.38 Å². The van der Waals surface area contributed by atoms with Crippen molar-refractivity contribution in [2.24, 2.45) is 0 Å². The molecular formula is C13H10O2S. The van der Waals surface area contributed by atoms with Gasteiger partial charge in [-0.25, -0.2) is 0 Å². The Labute approximate surface area is 97.5 Å². The van der Waals surface area contributed by atoms with Crippen LogP contribution >= 0.6 is 11.3 Å². The SMILES string of the molecule is CC(=O)c1ccccc1C(=O)c1ccsc1. The van der Waals surface area contributed by atoms with Crippen LogP contribution in [0.1, 0.15) is 33.2 Å². The van der Waals surface area contributed by atoms with Gasteiger partial charge >= 0.3 is 0 Å². The van der Waals surface area contributed by atoms with Gasteiger partial charge in [-0.1, -0.05) is 24.3 Å². The van der Waals surface area contributed by atoms with Gasteiger partial charge in [0.1, 0.15) is 0 Å². The van der Waals surface area contributed by atoms with E-state index < -0.39 is 0 Å². The highest BCUT2D eigenvalue weighted by molar-refractivity contribution is 7.08. The predicted octanol–water partition coefficient (Wildman–Crippen LogP) is 3.18. The average Bonchev–Trinajstić information content (AvgIpc) is 2.81. The Morgan fingerprint density at radius 3 is 2.31 bits per heavy atom. The number of hydrogen-bond acceptors (Lipinski definition) is 3. The molecule has 16 heavy (non-hydrogen) atoms. The summed E-state index contributed by atoms with van der Waals surface area (Å²) in [4.78, 5) is 23.5. The van der Waals surface area contributed by atoms with E-state index in [9.17, 15) is 9.59 Å². The first-order valence-electron chi connectivity index (χ1n) is 4.87. The van der Waals surface area contributed by atoms with Gasteiger partial charge in [-0.3, -0.25) is 9.59 Å². The third-order valence-electron chi connectivity index (χ3n) is 2.33. The van der Waals surface area contributed by atoms with Gasteiger partial charge in [0.25, 0.3) is 0 Å². The molecule has 80 valence electrons. The van der Waals surface area contributed by atoms with Gasteiger partial charge < -0.3 is 0 Å². The second kappa shape index (κ2) is 4.41. The molecule has 1 aromatic carbocycles. The van der Waals surface area contributed by atoms with E-state index in [1.165, 1.54) is 18.3 Å². The summed E-state index contributed by atoms with van der Waals surface area (Å²) in [5.74, 6) is -0.175. The molecule has 1 aromatic heterocycles. The highest BCUT2D eigenvalue weighted by Gasteiger charge is 2.15. The summed E-state index contributed by atoms with van der Waals surface area (Å²) in [6.45, 7) is 1.47. The van der Waals surface area contributed by atoms with Gasteiger partial charge in [0, 0.05) is 22.1 Å². The molecule has 1 heterocycles. The Kier molecular flexibility index (Phi) is 2.97. The van der Waals surface area contributed by atoms with Crippen molar-refractivity contribution in [3.05, 3.63) is 57.8 Å². The largest absolute Gasteiger partial charge is 0.294 e. The van der Waals surface area contributed by atoms with Crippen LogP contribution in [0.4, 0.5) is 0 Å². The normalized spacial score (nSPS) is 10.1. The average molecular weight is 230 g/mol. The van der Waals surface area contributed by atoms with Crippen molar-refractivity contribution in [2.45, 2.75) is 6.92 Å². The van der Waals surface area contributed by atoms with Crippen LogP contribution in [-0.4, -0.2) is 11.6 Å². The molecule has 0 unspecified atom stereocenters.